The molecular formula is C12H17ClN2. The lowest BCUT2D eigenvalue weighted by molar-refractivity contribution is 0.271. The summed E-state index contributed by atoms with van der Waals surface area (Å²) in [6, 6.07) is 8.09. The van der Waals surface area contributed by atoms with Crippen LogP contribution in [0.25, 0.3) is 0 Å². The van der Waals surface area contributed by atoms with E-state index in [1.165, 1.54) is 5.69 Å². The normalized spacial score (nSPS) is 18.1. The van der Waals surface area contributed by atoms with Gasteiger partial charge in [0, 0.05) is 26.2 Å². The number of nitrogens with zero attached hydrogens (tertiary/aromatic N) is 2. The van der Waals surface area contributed by atoms with E-state index in [1.807, 2.05) is 18.2 Å². The van der Waals surface area contributed by atoms with Crippen molar-refractivity contribution in [2.75, 3.05) is 37.6 Å². The van der Waals surface area contributed by atoms with Gasteiger partial charge in [0.05, 0.1) is 10.7 Å². The Morgan fingerprint density at radius 1 is 1.13 bits per heavy atom. The van der Waals surface area contributed by atoms with Gasteiger partial charge in [-0.05, 0) is 18.7 Å². The molecule has 1 aliphatic rings. The highest BCUT2D eigenvalue weighted by molar-refractivity contribution is 6.33. The van der Waals surface area contributed by atoms with Crippen LogP contribution in [-0.4, -0.2) is 37.6 Å². The Morgan fingerprint density at radius 2 is 1.80 bits per heavy atom. The van der Waals surface area contributed by atoms with Crippen LogP contribution in [0.15, 0.2) is 24.3 Å². The summed E-state index contributed by atoms with van der Waals surface area (Å²) in [6.07, 6.45) is 0. The minimum absolute atomic E-state index is 0.863. The molecule has 0 aliphatic carbocycles. The van der Waals surface area contributed by atoms with Crippen LogP contribution in [0.1, 0.15) is 6.92 Å². The number of hydrogen-bond donors (Lipinski definition) is 0. The van der Waals surface area contributed by atoms with Gasteiger partial charge in [0.2, 0.25) is 0 Å². The molecule has 0 spiro atoms. The van der Waals surface area contributed by atoms with Crippen LogP contribution >= 0.6 is 11.6 Å². The Balaban J connectivity index is 2.04. The van der Waals surface area contributed by atoms with Gasteiger partial charge in [-0.2, -0.15) is 0 Å². The highest BCUT2D eigenvalue weighted by Gasteiger charge is 2.16. The van der Waals surface area contributed by atoms with Gasteiger partial charge < -0.3 is 9.80 Å². The van der Waals surface area contributed by atoms with Crippen molar-refractivity contribution in [1.82, 2.24) is 4.90 Å². The zero-order chi connectivity index (χ0) is 10.7. The topological polar surface area (TPSA) is 6.48 Å². The van der Waals surface area contributed by atoms with Crippen molar-refractivity contribution in [3.05, 3.63) is 29.3 Å². The van der Waals surface area contributed by atoms with E-state index in [0.29, 0.717) is 0 Å². The zero-order valence-corrected chi connectivity index (χ0v) is 9.87. The Hall–Kier alpha value is -0.730. The molecule has 0 amide bonds. The summed E-state index contributed by atoms with van der Waals surface area (Å²) in [6.45, 7) is 7.81. The summed E-state index contributed by atoms with van der Waals surface area (Å²) in [4.78, 5) is 4.84. The number of hydrogen-bond acceptors (Lipinski definition) is 2. The fourth-order valence-corrected chi connectivity index (χ4v) is 2.27. The second-order valence-corrected chi connectivity index (χ2v) is 4.28. The maximum atomic E-state index is 6.17. The van der Waals surface area contributed by atoms with Crippen LogP contribution in [0.2, 0.25) is 5.02 Å². The Bertz CT molecular complexity index is 319. The minimum atomic E-state index is 0.863. The summed E-state index contributed by atoms with van der Waals surface area (Å²) >= 11 is 6.17. The van der Waals surface area contributed by atoms with Crippen molar-refractivity contribution in [2.45, 2.75) is 6.92 Å². The standard InChI is InChI=1S/C12H17ClN2/c1-2-14-7-9-15(10-8-14)12-6-4-3-5-11(12)13/h3-6H,2,7-10H2,1H3. The first-order valence-electron chi connectivity index (χ1n) is 5.53. The molecule has 0 N–H and O–H groups in total. The third-order valence-corrected chi connectivity index (χ3v) is 3.33. The summed E-state index contributed by atoms with van der Waals surface area (Å²) in [7, 11) is 0. The fourth-order valence-electron chi connectivity index (χ4n) is 2.01. The highest BCUT2D eigenvalue weighted by atomic mass is 35.5. The van der Waals surface area contributed by atoms with E-state index < -0.39 is 0 Å². The first-order chi connectivity index (χ1) is 7.31. The van der Waals surface area contributed by atoms with Gasteiger partial charge in [-0.25, -0.2) is 0 Å². The minimum Gasteiger partial charge on any atom is -0.368 e. The maximum absolute atomic E-state index is 6.17. The first kappa shape index (κ1) is 10.8. The molecule has 1 aromatic carbocycles. The van der Waals surface area contributed by atoms with E-state index >= 15 is 0 Å². The molecule has 0 bridgehead atoms. The largest absolute Gasteiger partial charge is 0.368 e. The molecule has 1 aromatic rings. The monoisotopic (exact) mass is 224 g/mol. The van der Waals surface area contributed by atoms with Crippen LogP contribution in [-0.2, 0) is 0 Å². The first-order valence-corrected chi connectivity index (χ1v) is 5.91. The van der Waals surface area contributed by atoms with Crippen molar-refractivity contribution < 1.29 is 0 Å². The van der Waals surface area contributed by atoms with Gasteiger partial charge in [-0.1, -0.05) is 30.7 Å². The summed E-state index contributed by atoms with van der Waals surface area (Å²) in [5.74, 6) is 0. The van der Waals surface area contributed by atoms with Crippen LogP contribution in [0, 0.1) is 0 Å². The lowest BCUT2D eigenvalue weighted by Gasteiger charge is -2.35. The summed E-state index contributed by atoms with van der Waals surface area (Å²) in [5, 5.41) is 0.863. The van der Waals surface area contributed by atoms with Crippen molar-refractivity contribution in [3.8, 4) is 0 Å². The Kier molecular flexibility index (Phi) is 3.49. The van der Waals surface area contributed by atoms with Gasteiger partial charge >= 0.3 is 0 Å². The maximum Gasteiger partial charge on any atom is 0.0639 e. The van der Waals surface area contributed by atoms with Gasteiger partial charge in [0.25, 0.3) is 0 Å². The van der Waals surface area contributed by atoms with Gasteiger partial charge in [0.1, 0.15) is 0 Å². The number of para-hydroxylation sites is 1. The number of likely N-dealkylation sites (N-methyl/N-ethyl adjacent to an activating group) is 1. The predicted octanol–water partition coefficient (Wildman–Crippen LogP) is 2.48. The summed E-state index contributed by atoms with van der Waals surface area (Å²) in [5.41, 5.74) is 1.18. The fraction of sp³-hybridized carbons (Fsp3) is 0.500. The van der Waals surface area contributed by atoms with E-state index in [-0.39, 0.29) is 0 Å². The third kappa shape index (κ3) is 2.44. The molecule has 0 radical (unpaired) electrons. The molecule has 0 saturated carbocycles. The molecule has 15 heavy (non-hydrogen) atoms. The average molecular weight is 225 g/mol. The number of rotatable bonds is 2. The van der Waals surface area contributed by atoms with Crippen molar-refractivity contribution in [1.29, 1.82) is 0 Å². The summed E-state index contributed by atoms with van der Waals surface area (Å²) < 4.78 is 0. The van der Waals surface area contributed by atoms with E-state index in [9.17, 15) is 0 Å². The Labute approximate surface area is 96.4 Å². The third-order valence-electron chi connectivity index (χ3n) is 3.01. The lowest BCUT2D eigenvalue weighted by atomic mass is 10.2. The molecule has 0 atom stereocenters. The predicted molar refractivity (Wildman–Crippen MR) is 65.8 cm³/mol. The van der Waals surface area contributed by atoms with Crippen LogP contribution in [0.4, 0.5) is 5.69 Å². The van der Waals surface area contributed by atoms with Gasteiger partial charge in [-0.3, -0.25) is 0 Å². The highest BCUT2D eigenvalue weighted by Crippen LogP contribution is 2.25. The second-order valence-electron chi connectivity index (χ2n) is 3.87. The molecule has 2 nitrogen and oxygen atoms in total. The van der Waals surface area contributed by atoms with E-state index in [0.717, 1.165) is 37.7 Å². The van der Waals surface area contributed by atoms with Crippen LogP contribution in [0.3, 0.4) is 0 Å². The van der Waals surface area contributed by atoms with Gasteiger partial charge in [0.15, 0.2) is 0 Å². The smallest absolute Gasteiger partial charge is 0.0639 e. The molecule has 0 unspecified atom stereocenters. The molecule has 2 rings (SSSR count). The van der Waals surface area contributed by atoms with Crippen LogP contribution < -0.4 is 4.90 Å². The molecule has 1 aliphatic heterocycles. The van der Waals surface area contributed by atoms with Crippen molar-refractivity contribution in [2.24, 2.45) is 0 Å². The molecule has 82 valence electrons. The molecular weight excluding hydrogens is 208 g/mol. The van der Waals surface area contributed by atoms with E-state index in [4.69, 9.17) is 11.6 Å². The molecule has 3 heteroatoms. The molecule has 1 heterocycles. The number of anilines is 1. The number of benzene rings is 1. The van der Waals surface area contributed by atoms with E-state index in [2.05, 4.69) is 22.8 Å². The number of piperazine rings is 1. The van der Waals surface area contributed by atoms with Crippen molar-refractivity contribution in [3.63, 3.8) is 0 Å². The SMILES string of the molecule is CCN1CCN(c2ccccc2Cl)CC1. The Morgan fingerprint density at radius 3 is 2.40 bits per heavy atom. The quantitative estimate of drug-likeness (QED) is 0.762. The molecule has 1 saturated heterocycles. The molecule has 1 fully saturated rings. The van der Waals surface area contributed by atoms with Gasteiger partial charge in [-0.15, -0.1) is 0 Å². The zero-order valence-electron chi connectivity index (χ0n) is 9.12. The number of halogens is 1. The second kappa shape index (κ2) is 4.86. The molecule has 0 aromatic heterocycles. The van der Waals surface area contributed by atoms with E-state index in [1.54, 1.807) is 0 Å². The lowest BCUT2D eigenvalue weighted by Crippen LogP contribution is -2.46. The average Bonchev–Trinajstić information content (AvgIpc) is 2.30. The van der Waals surface area contributed by atoms with Crippen LogP contribution in [0.5, 0.6) is 0 Å². The van der Waals surface area contributed by atoms with Crippen molar-refractivity contribution >= 4 is 17.3 Å².